The molecule has 1 heterocycles. The van der Waals surface area contributed by atoms with Gasteiger partial charge >= 0.3 is 0 Å². The second kappa shape index (κ2) is 6.71. The number of amides is 1. The van der Waals surface area contributed by atoms with Gasteiger partial charge in [-0.1, -0.05) is 29.3 Å². The third-order valence-electron chi connectivity index (χ3n) is 3.79. The molecule has 0 saturated carbocycles. The molecule has 0 aliphatic carbocycles. The molecule has 5 heteroatoms. The second-order valence-electron chi connectivity index (χ2n) is 5.54. The highest BCUT2D eigenvalue weighted by Crippen LogP contribution is 2.31. The Kier molecular flexibility index (Phi) is 4.65. The first kappa shape index (κ1) is 16.6. The van der Waals surface area contributed by atoms with E-state index in [-0.39, 0.29) is 11.7 Å². The van der Waals surface area contributed by atoms with Gasteiger partial charge in [-0.05, 0) is 67.4 Å². The number of carbonyl (C=O) groups is 1. The van der Waals surface area contributed by atoms with Crippen LogP contribution < -0.4 is 5.32 Å². The number of rotatable bonds is 3. The highest BCUT2D eigenvalue weighted by molar-refractivity contribution is 6.36. The number of nitrogens with one attached hydrogen (secondary N) is 1. The quantitative estimate of drug-likeness (QED) is 0.611. The Hall–Kier alpha value is -2.23. The SMILES string of the molecule is Cc1ccc(NC(=O)c2ccc(-c3ccc(Cl)cc3Cl)o2)cc1C. The Morgan fingerprint density at radius 3 is 2.46 bits per heavy atom. The van der Waals surface area contributed by atoms with Crippen LogP contribution in [0.5, 0.6) is 0 Å². The Balaban J connectivity index is 1.82. The van der Waals surface area contributed by atoms with Crippen LogP contribution in [-0.4, -0.2) is 5.91 Å². The van der Waals surface area contributed by atoms with Gasteiger partial charge in [0.25, 0.3) is 5.91 Å². The average Bonchev–Trinajstić information content (AvgIpc) is 3.01. The van der Waals surface area contributed by atoms with E-state index in [2.05, 4.69) is 5.32 Å². The van der Waals surface area contributed by atoms with Crippen molar-refractivity contribution in [1.82, 2.24) is 0 Å². The van der Waals surface area contributed by atoms with E-state index in [4.69, 9.17) is 27.6 Å². The normalized spacial score (nSPS) is 10.7. The monoisotopic (exact) mass is 359 g/mol. The third kappa shape index (κ3) is 3.48. The van der Waals surface area contributed by atoms with Crippen molar-refractivity contribution >= 4 is 34.8 Å². The maximum Gasteiger partial charge on any atom is 0.291 e. The van der Waals surface area contributed by atoms with Gasteiger partial charge in [-0.3, -0.25) is 4.79 Å². The first-order valence-corrected chi connectivity index (χ1v) is 8.13. The molecule has 0 atom stereocenters. The predicted octanol–water partition coefficient (Wildman–Crippen LogP) is 6.12. The molecule has 1 N–H and O–H groups in total. The molecule has 0 unspecified atom stereocenters. The lowest BCUT2D eigenvalue weighted by Crippen LogP contribution is -2.10. The summed E-state index contributed by atoms with van der Waals surface area (Å²) in [5, 5.41) is 3.84. The van der Waals surface area contributed by atoms with Crippen LogP contribution in [0.3, 0.4) is 0 Å². The minimum absolute atomic E-state index is 0.217. The van der Waals surface area contributed by atoms with Gasteiger partial charge in [-0.15, -0.1) is 0 Å². The van der Waals surface area contributed by atoms with Crippen molar-refractivity contribution in [3.63, 3.8) is 0 Å². The number of carbonyl (C=O) groups excluding carboxylic acids is 1. The third-order valence-corrected chi connectivity index (χ3v) is 4.34. The highest BCUT2D eigenvalue weighted by Gasteiger charge is 2.14. The van der Waals surface area contributed by atoms with Gasteiger partial charge in [0, 0.05) is 16.3 Å². The van der Waals surface area contributed by atoms with Gasteiger partial charge < -0.3 is 9.73 Å². The second-order valence-corrected chi connectivity index (χ2v) is 6.38. The van der Waals surface area contributed by atoms with Gasteiger partial charge in [0.2, 0.25) is 0 Å². The van der Waals surface area contributed by atoms with Crippen LogP contribution in [0.25, 0.3) is 11.3 Å². The standard InChI is InChI=1S/C19H15Cl2NO2/c1-11-3-5-14(9-12(11)2)22-19(23)18-8-7-17(24-18)15-6-4-13(20)10-16(15)21/h3-10H,1-2H3,(H,22,23). The van der Waals surface area contributed by atoms with Gasteiger partial charge in [-0.25, -0.2) is 0 Å². The van der Waals surface area contributed by atoms with Crippen molar-refractivity contribution in [3.05, 3.63) is 75.5 Å². The summed E-state index contributed by atoms with van der Waals surface area (Å²) in [6, 6.07) is 14.2. The molecular weight excluding hydrogens is 345 g/mol. The molecule has 1 aromatic heterocycles. The predicted molar refractivity (Wildman–Crippen MR) is 98.0 cm³/mol. The number of aryl methyl sites for hydroxylation is 2. The summed E-state index contributed by atoms with van der Waals surface area (Å²) in [7, 11) is 0. The summed E-state index contributed by atoms with van der Waals surface area (Å²) in [5.74, 6) is 0.422. The van der Waals surface area contributed by atoms with Crippen LogP contribution >= 0.6 is 23.2 Å². The van der Waals surface area contributed by atoms with Crippen molar-refractivity contribution < 1.29 is 9.21 Å². The number of halogens is 2. The Morgan fingerprint density at radius 1 is 0.958 bits per heavy atom. The molecule has 3 aromatic rings. The van der Waals surface area contributed by atoms with Gasteiger partial charge in [0.15, 0.2) is 5.76 Å². The van der Waals surface area contributed by atoms with E-state index in [1.54, 1.807) is 30.3 Å². The molecule has 122 valence electrons. The number of furan rings is 1. The fourth-order valence-corrected chi connectivity index (χ4v) is 2.81. The Labute approximate surface area is 150 Å². The van der Waals surface area contributed by atoms with Crippen molar-refractivity contribution in [3.8, 4) is 11.3 Å². The van der Waals surface area contributed by atoms with Crippen LogP contribution in [0.4, 0.5) is 5.69 Å². The number of benzene rings is 2. The summed E-state index contributed by atoms with van der Waals surface area (Å²) < 4.78 is 5.64. The van der Waals surface area contributed by atoms with Crippen LogP contribution in [0, 0.1) is 13.8 Å². The van der Waals surface area contributed by atoms with Crippen molar-refractivity contribution in [2.45, 2.75) is 13.8 Å². The van der Waals surface area contributed by atoms with Crippen LogP contribution in [0.2, 0.25) is 10.0 Å². The lowest BCUT2D eigenvalue weighted by molar-refractivity contribution is 0.0997. The van der Waals surface area contributed by atoms with Crippen LogP contribution in [0.1, 0.15) is 21.7 Å². The van der Waals surface area contributed by atoms with E-state index in [0.717, 1.165) is 11.3 Å². The molecule has 24 heavy (non-hydrogen) atoms. The number of hydrogen-bond donors (Lipinski definition) is 1. The molecule has 0 bridgehead atoms. The molecule has 0 aliphatic rings. The van der Waals surface area contributed by atoms with Gasteiger partial charge in [0.1, 0.15) is 5.76 Å². The molecule has 1 amide bonds. The van der Waals surface area contributed by atoms with Crippen molar-refractivity contribution in [2.24, 2.45) is 0 Å². The molecular formula is C19H15Cl2NO2. The van der Waals surface area contributed by atoms with Crippen molar-refractivity contribution in [1.29, 1.82) is 0 Å². The first-order chi connectivity index (χ1) is 11.4. The van der Waals surface area contributed by atoms with E-state index >= 15 is 0 Å². The van der Waals surface area contributed by atoms with E-state index in [1.807, 2.05) is 32.0 Å². The van der Waals surface area contributed by atoms with Crippen molar-refractivity contribution in [2.75, 3.05) is 5.32 Å². The maximum atomic E-state index is 12.3. The summed E-state index contributed by atoms with van der Waals surface area (Å²) in [6.07, 6.45) is 0. The molecule has 3 rings (SSSR count). The zero-order valence-corrected chi connectivity index (χ0v) is 14.7. The van der Waals surface area contributed by atoms with E-state index in [0.29, 0.717) is 21.4 Å². The average molecular weight is 360 g/mol. The lowest BCUT2D eigenvalue weighted by Gasteiger charge is -2.06. The van der Waals surface area contributed by atoms with Crippen LogP contribution in [-0.2, 0) is 0 Å². The van der Waals surface area contributed by atoms with Crippen LogP contribution in [0.15, 0.2) is 52.9 Å². The lowest BCUT2D eigenvalue weighted by atomic mass is 10.1. The van der Waals surface area contributed by atoms with E-state index < -0.39 is 0 Å². The zero-order chi connectivity index (χ0) is 17.3. The Morgan fingerprint density at radius 2 is 1.75 bits per heavy atom. The number of hydrogen-bond acceptors (Lipinski definition) is 2. The smallest absolute Gasteiger partial charge is 0.291 e. The topological polar surface area (TPSA) is 42.2 Å². The fraction of sp³-hybridized carbons (Fsp3) is 0.105. The largest absolute Gasteiger partial charge is 0.451 e. The molecule has 0 radical (unpaired) electrons. The summed E-state index contributed by atoms with van der Waals surface area (Å²) >= 11 is 12.1. The molecule has 0 fully saturated rings. The Bertz CT molecular complexity index is 915. The van der Waals surface area contributed by atoms with E-state index in [9.17, 15) is 4.79 Å². The summed E-state index contributed by atoms with van der Waals surface area (Å²) in [5.41, 5.74) is 3.70. The van der Waals surface area contributed by atoms with Gasteiger partial charge in [-0.2, -0.15) is 0 Å². The maximum absolute atomic E-state index is 12.3. The highest BCUT2D eigenvalue weighted by atomic mass is 35.5. The molecule has 0 spiro atoms. The minimum atomic E-state index is -0.311. The molecule has 2 aromatic carbocycles. The summed E-state index contributed by atoms with van der Waals surface area (Å²) in [4.78, 5) is 12.3. The summed E-state index contributed by atoms with van der Waals surface area (Å²) in [6.45, 7) is 4.02. The van der Waals surface area contributed by atoms with Gasteiger partial charge in [0.05, 0.1) is 5.02 Å². The molecule has 0 saturated heterocycles. The number of anilines is 1. The van der Waals surface area contributed by atoms with E-state index in [1.165, 1.54) is 5.56 Å². The zero-order valence-electron chi connectivity index (χ0n) is 13.2. The minimum Gasteiger partial charge on any atom is -0.451 e. The molecule has 0 aliphatic heterocycles. The first-order valence-electron chi connectivity index (χ1n) is 7.38. The fourth-order valence-electron chi connectivity index (χ4n) is 2.31. The molecule has 3 nitrogen and oxygen atoms in total.